The summed E-state index contributed by atoms with van der Waals surface area (Å²) < 4.78 is 31.8. The lowest BCUT2D eigenvalue weighted by molar-refractivity contribution is -0.146. The summed E-state index contributed by atoms with van der Waals surface area (Å²) in [5, 5.41) is 12.3. The van der Waals surface area contributed by atoms with Crippen molar-refractivity contribution in [3.8, 4) is 0 Å². The molecule has 0 unspecified atom stereocenters. The maximum atomic E-state index is 13.8. The minimum Gasteiger partial charge on any atom is -0.469 e. The molecular weight excluding hydrogens is 280 g/mol. The fourth-order valence-electron chi connectivity index (χ4n) is 2.82. The second-order valence-electron chi connectivity index (χ2n) is 5.18. The van der Waals surface area contributed by atoms with E-state index in [0.717, 1.165) is 18.2 Å². The molecule has 1 aliphatic carbocycles. The van der Waals surface area contributed by atoms with Gasteiger partial charge in [-0.05, 0) is 43.9 Å². The van der Waals surface area contributed by atoms with Gasteiger partial charge in [0.1, 0.15) is 11.6 Å². The molecule has 0 heterocycles. The number of oxime groups is 1. The molecule has 6 heteroatoms. The summed E-state index contributed by atoms with van der Waals surface area (Å²) >= 11 is 0. The van der Waals surface area contributed by atoms with Crippen LogP contribution in [0, 0.1) is 23.5 Å². The molecule has 0 spiro atoms. The number of carbonyl (C=O) groups is 1. The number of ether oxygens (including phenoxy) is 1. The second-order valence-corrected chi connectivity index (χ2v) is 5.18. The van der Waals surface area contributed by atoms with Crippen LogP contribution in [0.4, 0.5) is 8.78 Å². The van der Waals surface area contributed by atoms with E-state index in [0.29, 0.717) is 25.7 Å². The lowest BCUT2D eigenvalue weighted by atomic mass is 9.78. The van der Waals surface area contributed by atoms with Gasteiger partial charge in [0.15, 0.2) is 0 Å². The zero-order valence-corrected chi connectivity index (χ0v) is 11.7. The van der Waals surface area contributed by atoms with E-state index in [4.69, 9.17) is 4.74 Å². The fraction of sp³-hybridized carbons (Fsp3) is 0.467. The molecule has 1 N–H and O–H groups in total. The van der Waals surface area contributed by atoms with Crippen molar-refractivity contribution in [1.82, 2.24) is 0 Å². The van der Waals surface area contributed by atoms with Gasteiger partial charge < -0.3 is 9.94 Å². The third kappa shape index (κ3) is 3.37. The van der Waals surface area contributed by atoms with Crippen molar-refractivity contribution in [2.45, 2.75) is 25.7 Å². The molecule has 4 nitrogen and oxygen atoms in total. The molecule has 1 fully saturated rings. The fourth-order valence-corrected chi connectivity index (χ4v) is 2.82. The predicted molar refractivity (Wildman–Crippen MR) is 72.1 cm³/mol. The van der Waals surface area contributed by atoms with Crippen molar-refractivity contribution >= 4 is 11.7 Å². The van der Waals surface area contributed by atoms with E-state index in [2.05, 4.69) is 5.16 Å². The van der Waals surface area contributed by atoms with Crippen LogP contribution in [-0.4, -0.2) is 24.0 Å². The van der Waals surface area contributed by atoms with Gasteiger partial charge in [-0.25, -0.2) is 8.78 Å². The van der Waals surface area contributed by atoms with Gasteiger partial charge in [-0.2, -0.15) is 0 Å². The normalized spacial score (nSPS) is 22.9. The Hall–Kier alpha value is -1.98. The van der Waals surface area contributed by atoms with Crippen LogP contribution in [0.3, 0.4) is 0 Å². The summed E-state index contributed by atoms with van der Waals surface area (Å²) in [5.41, 5.74) is 0.106. The Morgan fingerprint density at radius 2 is 1.86 bits per heavy atom. The summed E-state index contributed by atoms with van der Waals surface area (Å²) in [6.45, 7) is 0. The topological polar surface area (TPSA) is 58.9 Å². The average Bonchev–Trinajstić information content (AvgIpc) is 2.51. The number of methoxy groups -OCH3 is 1. The Morgan fingerprint density at radius 1 is 1.24 bits per heavy atom. The maximum Gasteiger partial charge on any atom is 0.308 e. The molecule has 2 rings (SSSR count). The highest BCUT2D eigenvalue weighted by molar-refractivity contribution is 6.02. The Kier molecular flexibility index (Phi) is 4.88. The van der Waals surface area contributed by atoms with E-state index in [9.17, 15) is 18.8 Å². The molecule has 1 saturated carbocycles. The number of nitrogens with zero attached hydrogens (tertiary/aromatic N) is 1. The van der Waals surface area contributed by atoms with Crippen molar-refractivity contribution in [2.24, 2.45) is 17.0 Å². The van der Waals surface area contributed by atoms with Crippen LogP contribution in [0.5, 0.6) is 0 Å². The predicted octanol–water partition coefficient (Wildman–Crippen LogP) is 3.12. The summed E-state index contributed by atoms with van der Waals surface area (Å²) in [7, 11) is 1.34. The number of carbonyl (C=O) groups excluding carboxylic acids is 1. The lowest BCUT2D eigenvalue weighted by Crippen LogP contribution is -2.27. The standard InChI is InChI=1S/C15H17F2NO3/c1-21-15(19)10-4-2-9(3-5-10)14(18-20)12-8-11(16)6-7-13(12)17/h6-10,20H,2-5H2,1H3/b18-14+. The highest BCUT2D eigenvalue weighted by atomic mass is 19.1. The molecule has 0 saturated heterocycles. The van der Waals surface area contributed by atoms with Gasteiger partial charge in [0, 0.05) is 11.5 Å². The number of rotatable bonds is 3. The monoisotopic (exact) mass is 297 g/mol. The van der Waals surface area contributed by atoms with Crippen molar-refractivity contribution < 1.29 is 23.5 Å². The van der Waals surface area contributed by atoms with Gasteiger partial charge in [-0.3, -0.25) is 4.79 Å². The molecule has 1 aliphatic rings. The van der Waals surface area contributed by atoms with Crippen LogP contribution < -0.4 is 0 Å². The highest BCUT2D eigenvalue weighted by Crippen LogP contribution is 2.32. The Morgan fingerprint density at radius 3 is 2.43 bits per heavy atom. The van der Waals surface area contributed by atoms with Crippen LogP contribution in [0.1, 0.15) is 31.2 Å². The van der Waals surface area contributed by atoms with Crippen LogP contribution in [0.25, 0.3) is 0 Å². The third-order valence-corrected chi connectivity index (χ3v) is 3.96. The number of hydrogen-bond donors (Lipinski definition) is 1. The Bertz CT molecular complexity index is 552. The number of hydrogen-bond acceptors (Lipinski definition) is 4. The van der Waals surface area contributed by atoms with Gasteiger partial charge in [0.25, 0.3) is 0 Å². The first-order valence-electron chi connectivity index (χ1n) is 6.82. The molecule has 114 valence electrons. The van der Waals surface area contributed by atoms with E-state index in [1.807, 2.05) is 0 Å². The van der Waals surface area contributed by atoms with E-state index >= 15 is 0 Å². The van der Waals surface area contributed by atoms with Gasteiger partial charge in [0.05, 0.1) is 18.7 Å². The molecule has 0 atom stereocenters. The largest absolute Gasteiger partial charge is 0.469 e. The quantitative estimate of drug-likeness (QED) is 0.403. The summed E-state index contributed by atoms with van der Waals surface area (Å²) in [5.74, 6) is -1.85. The minimum atomic E-state index is -0.626. The molecule has 0 aliphatic heterocycles. The van der Waals surface area contributed by atoms with Gasteiger partial charge in [0.2, 0.25) is 0 Å². The van der Waals surface area contributed by atoms with Gasteiger partial charge >= 0.3 is 5.97 Å². The average molecular weight is 297 g/mol. The molecule has 0 amide bonds. The van der Waals surface area contributed by atoms with Crippen LogP contribution >= 0.6 is 0 Å². The van der Waals surface area contributed by atoms with Crippen LogP contribution in [-0.2, 0) is 9.53 Å². The SMILES string of the molecule is COC(=O)C1CCC(/C(=N\O)c2cc(F)ccc2F)CC1. The van der Waals surface area contributed by atoms with Gasteiger partial charge in [-0.15, -0.1) is 0 Å². The van der Waals surface area contributed by atoms with Crippen molar-refractivity contribution in [1.29, 1.82) is 0 Å². The summed E-state index contributed by atoms with van der Waals surface area (Å²) in [6.07, 6.45) is 2.28. The molecule has 0 bridgehead atoms. The van der Waals surface area contributed by atoms with E-state index in [-0.39, 0.29) is 29.1 Å². The maximum absolute atomic E-state index is 13.8. The zero-order valence-electron chi connectivity index (χ0n) is 11.7. The van der Waals surface area contributed by atoms with Crippen LogP contribution in [0.15, 0.2) is 23.4 Å². The minimum absolute atomic E-state index is 0.0287. The first-order valence-corrected chi connectivity index (χ1v) is 6.82. The third-order valence-electron chi connectivity index (χ3n) is 3.96. The molecular formula is C15H17F2NO3. The first kappa shape index (κ1) is 15.4. The number of halogens is 2. The van der Waals surface area contributed by atoms with Crippen molar-refractivity contribution in [3.63, 3.8) is 0 Å². The molecule has 0 aromatic heterocycles. The van der Waals surface area contributed by atoms with Crippen molar-refractivity contribution in [2.75, 3.05) is 7.11 Å². The van der Waals surface area contributed by atoms with E-state index < -0.39 is 11.6 Å². The Labute approximate surface area is 121 Å². The molecule has 21 heavy (non-hydrogen) atoms. The Balaban J connectivity index is 2.14. The smallest absolute Gasteiger partial charge is 0.308 e. The summed E-state index contributed by atoms with van der Waals surface area (Å²) in [6, 6.07) is 3.05. The highest BCUT2D eigenvalue weighted by Gasteiger charge is 2.31. The van der Waals surface area contributed by atoms with E-state index in [1.54, 1.807) is 0 Å². The van der Waals surface area contributed by atoms with Crippen LogP contribution in [0.2, 0.25) is 0 Å². The number of esters is 1. The summed E-state index contributed by atoms with van der Waals surface area (Å²) in [4.78, 5) is 11.5. The second kappa shape index (κ2) is 6.65. The molecule has 0 radical (unpaired) electrons. The molecule has 1 aromatic carbocycles. The number of benzene rings is 1. The van der Waals surface area contributed by atoms with Gasteiger partial charge in [-0.1, -0.05) is 5.16 Å². The first-order chi connectivity index (χ1) is 10.1. The van der Waals surface area contributed by atoms with Crippen molar-refractivity contribution in [3.05, 3.63) is 35.4 Å². The zero-order chi connectivity index (χ0) is 15.4. The van der Waals surface area contributed by atoms with E-state index in [1.165, 1.54) is 7.11 Å². The molecule has 1 aromatic rings. The lowest BCUT2D eigenvalue weighted by Gasteiger charge is -2.27.